The number of nitrogens with zero attached hydrogens (tertiary/aromatic N) is 1. The SMILES string of the molecule is CCOc1ccc(OCC(=O)OCC(=O)N2c3ccccc3C[C@@H]2C)cc1. The van der Waals surface area contributed by atoms with Crippen molar-refractivity contribution in [3.8, 4) is 11.5 Å². The fraction of sp³-hybridized carbons (Fsp3) is 0.333. The summed E-state index contributed by atoms with van der Waals surface area (Å²) in [7, 11) is 0. The summed E-state index contributed by atoms with van der Waals surface area (Å²) in [5.74, 6) is 0.445. The number of ether oxygens (including phenoxy) is 3. The van der Waals surface area contributed by atoms with Gasteiger partial charge in [0.05, 0.1) is 6.61 Å². The Morgan fingerprint density at radius 3 is 2.37 bits per heavy atom. The minimum absolute atomic E-state index is 0.0497. The number of hydrogen-bond acceptors (Lipinski definition) is 5. The van der Waals surface area contributed by atoms with Crippen LogP contribution in [0.2, 0.25) is 0 Å². The molecule has 1 amide bonds. The van der Waals surface area contributed by atoms with E-state index in [0.717, 1.165) is 23.4 Å². The maximum Gasteiger partial charge on any atom is 0.344 e. The summed E-state index contributed by atoms with van der Waals surface area (Å²) in [6.45, 7) is 3.91. The van der Waals surface area contributed by atoms with Crippen LogP contribution in [0.4, 0.5) is 5.69 Å². The van der Waals surface area contributed by atoms with Gasteiger partial charge in [0.1, 0.15) is 11.5 Å². The van der Waals surface area contributed by atoms with E-state index in [0.29, 0.717) is 12.4 Å². The lowest BCUT2D eigenvalue weighted by molar-refractivity contribution is -0.149. The lowest BCUT2D eigenvalue weighted by Gasteiger charge is -2.22. The van der Waals surface area contributed by atoms with Gasteiger partial charge < -0.3 is 19.1 Å². The van der Waals surface area contributed by atoms with Gasteiger partial charge in [-0.25, -0.2) is 4.79 Å². The topological polar surface area (TPSA) is 65.1 Å². The third-order valence-electron chi connectivity index (χ3n) is 4.32. The van der Waals surface area contributed by atoms with Crippen molar-refractivity contribution in [3.63, 3.8) is 0 Å². The van der Waals surface area contributed by atoms with Gasteiger partial charge in [0.2, 0.25) is 0 Å². The largest absolute Gasteiger partial charge is 0.494 e. The highest BCUT2D eigenvalue weighted by Crippen LogP contribution is 2.31. The molecule has 0 fully saturated rings. The number of carbonyl (C=O) groups is 2. The highest BCUT2D eigenvalue weighted by Gasteiger charge is 2.30. The molecule has 1 atom stereocenters. The van der Waals surface area contributed by atoms with E-state index in [1.165, 1.54) is 0 Å². The van der Waals surface area contributed by atoms with Gasteiger partial charge >= 0.3 is 5.97 Å². The normalized spacial score (nSPS) is 15.2. The molecule has 0 aliphatic carbocycles. The molecule has 2 aromatic rings. The van der Waals surface area contributed by atoms with Crippen molar-refractivity contribution in [2.75, 3.05) is 24.7 Å². The summed E-state index contributed by atoms with van der Waals surface area (Å²) in [6.07, 6.45) is 0.802. The highest BCUT2D eigenvalue weighted by molar-refractivity contribution is 5.97. The van der Waals surface area contributed by atoms with E-state index in [2.05, 4.69) is 0 Å². The quantitative estimate of drug-likeness (QED) is 0.702. The molecule has 27 heavy (non-hydrogen) atoms. The van der Waals surface area contributed by atoms with E-state index in [-0.39, 0.29) is 25.2 Å². The Hall–Kier alpha value is -3.02. The average molecular weight is 369 g/mol. The van der Waals surface area contributed by atoms with Gasteiger partial charge in [0.25, 0.3) is 5.91 Å². The summed E-state index contributed by atoms with van der Waals surface area (Å²) in [5.41, 5.74) is 2.01. The van der Waals surface area contributed by atoms with Gasteiger partial charge in [-0.15, -0.1) is 0 Å². The van der Waals surface area contributed by atoms with Crippen molar-refractivity contribution in [2.45, 2.75) is 26.3 Å². The van der Waals surface area contributed by atoms with Gasteiger partial charge in [-0.1, -0.05) is 18.2 Å². The molecule has 0 saturated carbocycles. The van der Waals surface area contributed by atoms with Crippen LogP contribution in [0, 0.1) is 0 Å². The van der Waals surface area contributed by atoms with Gasteiger partial charge in [0.15, 0.2) is 13.2 Å². The Morgan fingerprint density at radius 2 is 1.67 bits per heavy atom. The summed E-state index contributed by atoms with van der Waals surface area (Å²) in [4.78, 5) is 26.1. The van der Waals surface area contributed by atoms with Crippen LogP contribution < -0.4 is 14.4 Å². The number of rotatable bonds is 7. The fourth-order valence-electron chi connectivity index (χ4n) is 3.14. The van der Waals surface area contributed by atoms with Crippen LogP contribution in [0.5, 0.6) is 11.5 Å². The second kappa shape index (κ2) is 8.58. The van der Waals surface area contributed by atoms with Gasteiger partial charge in [-0.05, 0) is 56.2 Å². The number of esters is 1. The molecule has 0 bridgehead atoms. The second-order valence-corrected chi connectivity index (χ2v) is 6.30. The molecule has 6 nitrogen and oxygen atoms in total. The Labute approximate surface area is 158 Å². The first kappa shape index (κ1) is 18.8. The zero-order valence-corrected chi connectivity index (χ0v) is 15.5. The number of hydrogen-bond donors (Lipinski definition) is 0. The monoisotopic (exact) mass is 369 g/mol. The van der Waals surface area contributed by atoms with Crippen molar-refractivity contribution < 1.29 is 23.8 Å². The highest BCUT2D eigenvalue weighted by atomic mass is 16.6. The summed E-state index contributed by atoms with van der Waals surface area (Å²) in [5, 5.41) is 0. The first-order valence-electron chi connectivity index (χ1n) is 8.99. The van der Waals surface area contributed by atoms with Gasteiger partial charge in [-0.3, -0.25) is 4.79 Å². The lowest BCUT2D eigenvalue weighted by atomic mass is 10.1. The second-order valence-electron chi connectivity index (χ2n) is 6.30. The molecule has 142 valence electrons. The van der Waals surface area contributed by atoms with E-state index in [1.807, 2.05) is 38.1 Å². The minimum Gasteiger partial charge on any atom is -0.494 e. The van der Waals surface area contributed by atoms with Crippen LogP contribution in [0.25, 0.3) is 0 Å². The van der Waals surface area contributed by atoms with Crippen molar-refractivity contribution >= 4 is 17.6 Å². The zero-order chi connectivity index (χ0) is 19.2. The van der Waals surface area contributed by atoms with Crippen molar-refractivity contribution in [1.82, 2.24) is 0 Å². The predicted octanol–water partition coefficient (Wildman–Crippen LogP) is 2.99. The molecular weight excluding hydrogens is 346 g/mol. The standard InChI is InChI=1S/C21H23NO5/c1-3-25-17-8-10-18(11-9-17)26-14-21(24)27-13-20(23)22-15(2)12-16-6-4-5-7-19(16)22/h4-11,15H,3,12-14H2,1-2H3/t15-/m0/s1. The Morgan fingerprint density at radius 1 is 1.00 bits per heavy atom. The maximum atomic E-state index is 12.5. The Bertz CT molecular complexity index is 802. The molecule has 6 heteroatoms. The first-order chi connectivity index (χ1) is 13.1. The van der Waals surface area contributed by atoms with Crippen molar-refractivity contribution in [3.05, 3.63) is 54.1 Å². The van der Waals surface area contributed by atoms with Crippen LogP contribution in [0.15, 0.2) is 48.5 Å². The van der Waals surface area contributed by atoms with Crippen LogP contribution in [-0.4, -0.2) is 37.7 Å². The number of para-hydroxylation sites is 1. The molecule has 0 spiro atoms. The first-order valence-corrected chi connectivity index (χ1v) is 8.99. The van der Waals surface area contributed by atoms with Crippen LogP contribution in [0.1, 0.15) is 19.4 Å². The summed E-state index contributed by atoms with van der Waals surface area (Å²) >= 11 is 0. The van der Waals surface area contributed by atoms with Gasteiger partial charge in [0, 0.05) is 11.7 Å². The Kier molecular flexibility index (Phi) is 5.96. The minimum atomic E-state index is -0.586. The molecule has 0 N–H and O–H groups in total. The van der Waals surface area contributed by atoms with E-state index in [4.69, 9.17) is 14.2 Å². The molecule has 0 aromatic heterocycles. The lowest BCUT2D eigenvalue weighted by Crippen LogP contribution is -2.39. The maximum absolute atomic E-state index is 12.5. The number of amides is 1. The molecule has 1 heterocycles. The van der Waals surface area contributed by atoms with Crippen molar-refractivity contribution in [2.24, 2.45) is 0 Å². The van der Waals surface area contributed by atoms with Crippen LogP contribution in [0.3, 0.4) is 0 Å². The fourth-order valence-corrected chi connectivity index (χ4v) is 3.14. The zero-order valence-electron chi connectivity index (χ0n) is 15.5. The smallest absolute Gasteiger partial charge is 0.344 e. The van der Waals surface area contributed by atoms with Crippen LogP contribution in [-0.2, 0) is 20.7 Å². The van der Waals surface area contributed by atoms with Crippen LogP contribution >= 0.6 is 0 Å². The average Bonchev–Trinajstić information content (AvgIpc) is 3.01. The summed E-state index contributed by atoms with van der Waals surface area (Å²) in [6, 6.07) is 14.8. The van der Waals surface area contributed by atoms with E-state index < -0.39 is 5.97 Å². The molecule has 1 aliphatic rings. The third kappa shape index (κ3) is 4.58. The third-order valence-corrected chi connectivity index (χ3v) is 4.32. The van der Waals surface area contributed by atoms with Gasteiger partial charge in [-0.2, -0.15) is 0 Å². The predicted molar refractivity (Wildman–Crippen MR) is 101 cm³/mol. The number of anilines is 1. The number of carbonyl (C=O) groups excluding carboxylic acids is 2. The molecule has 1 aliphatic heterocycles. The van der Waals surface area contributed by atoms with E-state index >= 15 is 0 Å². The number of benzene rings is 2. The molecule has 0 unspecified atom stereocenters. The molecule has 2 aromatic carbocycles. The Balaban J connectivity index is 1.47. The molecule has 3 rings (SSSR count). The number of fused-ring (bicyclic) bond motifs is 1. The molecular formula is C21H23NO5. The van der Waals surface area contributed by atoms with E-state index in [1.54, 1.807) is 29.2 Å². The van der Waals surface area contributed by atoms with Crippen molar-refractivity contribution in [1.29, 1.82) is 0 Å². The van der Waals surface area contributed by atoms with E-state index in [9.17, 15) is 9.59 Å². The summed E-state index contributed by atoms with van der Waals surface area (Å²) < 4.78 is 15.8. The molecule has 0 saturated heterocycles. The molecule has 0 radical (unpaired) electrons.